The molecule has 0 unspecified atom stereocenters. The molecule has 0 N–H and O–H groups in total. The first-order chi connectivity index (χ1) is 11.3. The van der Waals surface area contributed by atoms with Gasteiger partial charge in [0.15, 0.2) is 0 Å². The van der Waals surface area contributed by atoms with Crippen molar-refractivity contribution in [3.05, 3.63) is 40.8 Å². The van der Waals surface area contributed by atoms with E-state index in [0.29, 0.717) is 6.61 Å². The number of rotatable bonds is 4. The molecule has 0 saturated carbocycles. The Bertz CT molecular complexity index is 601. The highest BCUT2D eigenvalue weighted by atomic mass is 32.1. The second-order valence-corrected chi connectivity index (χ2v) is 7.56. The highest BCUT2D eigenvalue weighted by molar-refractivity contribution is 7.09. The Kier molecular flexibility index (Phi) is 4.48. The fourth-order valence-corrected chi connectivity index (χ4v) is 4.35. The van der Waals surface area contributed by atoms with Gasteiger partial charge >= 0.3 is 0 Å². The molecule has 2 aromatic rings. The quantitative estimate of drug-likeness (QED) is 0.861. The standard InChI is InChI=1S/C17H23N3O2S/c1-3-16(23-10-1)12-19-8-9-21-14-17(13-19)5-4-15(22-17)11-20-7-2-6-18-20/h1-3,6-7,10,15H,4-5,8-9,11-14H2/t15-,17+/m1/s1. The van der Waals surface area contributed by atoms with Crippen LogP contribution in [0.15, 0.2) is 36.0 Å². The van der Waals surface area contributed by atoms with E-state index >= 15 is 0 Å². The Balaban J connectivity index is 1.40. The zero-order chi connectivity index (χ0) is 15.5. The smallest absolute Gasteiger partial charge is 0.105 e. The molecule has 0 bridgehead atoms. The van der Waals surface area contributed by atoms with Crippen molar-refractivity contribution in [1.29, 1.82) is 0 Å². The van der Waals surface area contributed by atoms with Crippen LogP contribution in [0.5, 0.6) is 0 Å². The van der Waals surface area contributed by atoms with Crippen LogP contribution in [0.2, 0.25) is 0 Å². The lowest BCUT2D eigenvalue weighted by Crippen LogP contribution is -2.44. The Morgan fingerprint density at radius 2 is 2.39 bits per heavy atom. The Morgan fingerprint density at radius 1 is 1.39 bits per heavy atom. The van der Waals surface area contributed by atoms with Crippen molar-refractivity contribution in [2.45, 2.75) is 37.6 Å². The molecule has 2 aliphatic rings. The Labute approximate surface area is 140 Å². The van der Waals surface area contributed by atoms with Crippen LogP contribution >= 0.6 is 11.3 Å². The van der Waals surface area contributed by atoms with Crippen LogP contribution in [-0.2, 0) is 22.6 Å². The number of thiophene rings is 1. The van der Waals surface area contributed by atoms with Crippen molar-refractivity contribution in [2.24, 2.45) is 0 Å². The van der Waals surface area contributed by atoms with Crippen molar-refractivity contribution in [3.63, 3.8) is 0 Å². The van der Waals surface area contributed by atoms with Crippen LogP contribution in [0.4, 0.5) is 0 Å². The van der Waals surface area contributed by atoms with Gasteiger partial charge in [-0.25, -0.2) is 0 Å². The second-order valence-electron chi connectivity index (χ2n) is 6.53. The summed E-state index contributed by atoms with van der Waals surface area (Å²) >= 11 is 1.82. The zero-order valence-corrected chi connectivity index (χ0v) is 14.1. The van der Waals surface area contributed by atoms with Crippen LogP contribution in [0.1, 0.15) is 17.7 Å². The molecule has 2 aromatic heterocycles. The third-order valence-corrected chi connectivity index (χ3v) is 5.54. The lowest BCUT2D eigenvalue weighted by molar-refractivity contribution is -0.0904. The molecular weight excluding hydrogens is 310 g/mol. The molecule has 0 radical (unpaired) electrons. The van der Waals surface area contributed by atoms with Gasteiger partial charge in [-0.05, 0) is 30.4 Å². The average Bonchev–Trinajstić information content (AvgIpc) is 3.25. The Hall–Kier alpha value is -1.21. The molecular formula is C17H23N3O2S. The molecule has 2 fully saturated rings. The molecule has 4 heterocycles. The van der Waals surface area contributed by atoms with Crippen LogP contribution in [0.3, 0.4) is 0 Å². The van der Waals surface area contributed by atoms with Gasteiger partial charge in [-0.1, -0.05) is 6.07 Å². The van der Waals surface area contributed by atoms with Gasteiger partial charge in [0.2, 0.25) is 0 Å². The normalized spacial score (nSPS) is 29.1. The molecule has 0 aliphatic carbocycles. The molecule has 5 nitrogen and oxygen atoms in total. The predicted octanol–water partition coefficient (Wildman–Crippen LogP) is 2.39. The van der Waals surface area contributed by atoms with Crippen LogP contribution in [-0.4, -0.2) is 52.7 Å². The maximum Gasteiger partial charge on any atom is 0.105 e. The van der Waals surface area contributed by atoms with E-state index in [4.69, 9.17) is 9.47 Å². The minimum atomic E-state index is -0.147. The lowest BCUT2D eigenvalue weighted by Gasteiger charge is -2.31. The van der Waals surface area contributed by atoms with E-state index in [-0.39, 0.29) is 11.7 Å². The summed E-state index contributed by atoms with van der Waals surface area (Å²) in [5, 5.41) is 6.44. The first-order valence-electron chi connectivity index (χ1n) is 8.29. The van der Waals surface area contributed by atoms with Gasteiger partial charge in [0, 0.05) is 36.9 Å². The third kappa shape index (κ3) is 3.66. The molecule has 0 amide bonds. The maximum atomic E-state index is 6.47. The van der Waals surface area contributed by atoms with Gasteiger partial charge in [-0.15, -0.1) is 11.3 Å². The average molecular weight is 333 g/mol. The van der Waals surface area contributed by atoms with Gasteiger partial charge < -0.3 is 9.47 Å². The van der Waals surface area contributed by atoms with Crippen LogP contribution in [0.25, 0.3) is 0 Å². The minimum absolute atomic E-state index is 0.147. The lowest BCUT2D eigenvalue weighted by atomic mass is 10.00. The summed E-state index contributed by atoms with van der Waals surface area (Å²) < 4.78 is 14.3. The van der Waals surface area contributed by atoms with E-state index in [1.807, 2.05) is 34.5 Å². The molecule has 4 rings (SSSR count). The molecule has 124 valence electrons. The fourth-order valence-electron chi connectivity index (χ4n) is 3.61. The van der Waals surface area contributed by atoms with Crippen molar-refractivity contribution >= 4 is 11.3 Å². The van der Waals surface area contributed by atoms with E-state index in [1.54, 1.807) is 0 Å². The summed E-state index contributed by atoms with van der Waals surface area (Å²) in [6.07, 6.45) is 6.21. The predicted molar refractivity (Wildman–Crippen MR) is 89.5 cm³/mol. The van der Waals surface area contributed by atoms with Gasteiger partial charge in [-0.3, -0.25) is 9.58 Å². The summed E-state index contributed by atoms with van der Waals surface area (Å²) in [7, 11) is 0. The van der Waals surface area contributed by atoms with E-state index < -0.39 is 0 Å². The molecule has 1 spiro atoms. The summed E-state index contributed by atoms with van der Waals surface area (Å²) in [6.45, 7) is 5.27. The summed E-state index contributed by atoms with van der Waals surface area (Å²) in [5.41, 5.74) is -0.147. The molecule has 23 heavy (non-hydrogen) atoms. The van der Waals surface area contributed by atoms with E-state index in [1.165, 1.54) is 4.88 Å². The molecule has 0 aromatic carbocycles. The number of nitrogens with zero attached hydrogens (tertiary/aromatic N) is 3. The maximum absolute atomic E-state index is 6.47. The summed E-state index contributed by atoms with van der Waals surface area (Å²) in [6, 6.07) is 6.29. The number of ether oxygens (including phenoxy) is 2. The second kappa shape index (κ2) is 6.73. The molecule has 6 heteroatoms. The van der Waals surface area contributed by atoms with Crippen molar-refractivity contribution in [1.82, 2.24) is 14.7 Å². The van der Waals surface area contributed by atoms with Gasteiger partial charge in [-0.2, -0.15) is 5.10 Å². The minimum Gasteiger partial charge on any atom is -0.377 e. The monoisotopic (exact) mass is 333 g/mol. The zero-order valence-electron chi connectivity index (χ0n) is 13.3. The van der Waals surface area contributed by atoms with Crippen LogP contribution in [0, 0.1) is 0 Å². The molecule has 2 atom stereocenters. The summed E-state index contributed by atoms with van der Waals surface area (Å²) in [5.74, 6) is 0. The Morgan fingerprint density at radius 3 is 3.22 bits per heavy atom. The van der Waals surface area contributed by atoms with E-state index in [9.17, 15) is 0 Å². The highest BCUT2D eigenvalue weighted by Crippen LogP contribution is 2.34. The SMILES string of the molecule is c1csc(CN2CCOC[C@]3(CC[C@H](Cn4cccn4)O3)C2)c1. The fraction of sp³-hybridized carbons (Fsp3) is 0.588. The van der Waals surface area contributed by atoms with Crippen molar-refractivity contribution in [3.8, 4) is 0 Å². The van der Waals surface area contributed by atoms with Gasteiger partial charge in [0.05, 0.1) is 25.9 Å². The third-order valence-electron chi connectivity index (χ3n) is 4.68. The molecule has 2 saturated heterocycles. The summed E-state index contributed by atoms with van der Waals surface area (Å²) in [4.78, 5) is 3.89. The van der Waals surface area contributed by atoms with Gasteiger partial charge in [0.1, 0.15) is 5.60 Å². The van der Waals surface area contributed by atoms with Crippen LogP contribution < -0.4 is 0 Å². The van der Waals surface area contributed by atoms with E-state index in [2.05, 4.69) is 27.5 Å². The highest BCUT2D eigenvalue weighted by Gasteiger charge is 2.43. The number of aromatic nitrogens is 2. The first-order valence-corrected chi connectivity index (χ1v) is 9.17. The number of hydrogen-bond donors (Lipinski definition) is 0. The molecule has 2 aliphatic heterocycles. The van der Waals surface area contributed by atoms with E-state index in [0.717, 1.165) is 45.6 Å². The topological polar surface area (TPSA) is 39.5 Å². The first kappa shape index (κ1) is 15.3. The largest absolute Gasteiger partial charge is 0.377 e. The van der Waals surface area contributed by atoms with Gasteiger partial charge in [0.25, 0.3) is 0 Å². The number of hydrogen-bond acceptors (Lipinski definition) is 5. The van der Waals surface area contributed by atoms with Crippen molar-refractivity contribution in [2.75, 3.05) is 26.3 Å². The van der Waals surface area contributed by atoms with Crippen molar-refractivity contribution < 1.29 is 9.47 Å².